The molecule has 2 rings (SSSR count). The fourth-order valence-corrected chi connectivity index (χ4v) is 3.78. The molecule has 0 N–H and O–H groups in total. The summed E-state index contributed by atoms with van der Waals surface area (Å²) in [6.07, 6.45) is 5.74. The molecular formula is C18H27NO. The maximum atomic E-state index is 11.7. The molecule has 1 fully saturated rings. The third kappa shape index (κ3) is 3.23. The second-order valence-corrected chi connectivity index (χ2v) is 6.83. The lowest BCUT2D eigenvalue weighted by Gasteiger charge is -2.39. The number of carbonyl (C=O) groups excluding carboxylic acids is 1. The zero-order valence-corrected chi connectivity index (χ0v) is 13.3. The van der Waals surface area contributed by atoms with Crippen molar-refractivity contribution in [3.8, 4) is 0 Å². The van der Waals surface area contributed by atoms with Crippen LogP contribution in [-0.4, -0.2) is 19.9 Å². The molecule has 1 aromatic rings. The Hall–Kier alpha value is -1.31. The molecule has 0 aromatic heterocycles. The van der Waals surface area contributed by atoms with Gasteiger partial charge in [-0.15, -0.1) is 0 Å². The quantitative estimate of drug-likeness (QED) is 0.769. The fraction of sp³-hybridized carbons (Fsp3) is 0.611. The van der Waals surface area contributed by atoms with E-state index in [1.165, 1.54) is 35.9 Å². The Morgan fingerprint density at radius 1 is 1.40 bits per heavy atom. The van der Waals surface area contributed by atoms with Gasteiger partial charge in [0.25, 0.3) is 0 Å². The number of hydrogen-bond acceptors (Lipinski definition) is 2. The number of carbonyl (C=O) groups is 1. The van der Waals surface area contributed by atoms with E-state index in [1.807, 2.05) is 0 Å². The van der Waals surface area contributed by atoms with Gasteiger partial charge in [0.1, 0.15) is 6.29 Å². The van der Waals surface area contributed by atoms with Crippen LogP contribution >= 0.6 is 0 Å². The molecule has 0 radical (unpaired) electrons. The van der Waals surface area contributed by atoms with Gasteiger partial charge < -0.3 is 9.69 Å². The first kappa shape index (κ1) is 15.1. The molecule has 1 aliphatic rings. The minimum Gasteiger partial charge on any atom is -0.373 e. The number of benzene rings is 1. The van der Waals surface area contributed by atoms with Crippen LogP contribution in [0.5, 0.6) is 0 Å². The Bertz CT molecular complexity index is 482. The molecule has 0 bridgehead atoms. The predicted octanol–water partition coefficient (Wildman–Crippen LogP) is 4.14. The van der Waals surface area contributed by atoms with Gasteiger partial charge in [-0.1, -0.05) is 37.5 Å². The van der Waals surface area contributed by atoms with E-state index in [0.29, 0.717) is 5.92 Å². The molecule has 0 heterocycles. The van der Waals surface area contributed by atoms with E-state index >= 15 is 0 Å². The normalized spacial score (nSPS) is 26.3. The van der Waals surface area contributed by atoms with E-state index in [1.54, 1.807) is 0 Å². The van der Waals surface area contributed by atoms with Gasteiger partial charge in [-0.2, -0.15) is 0 Å². The summed E-state index contributed by atoms with van der Waals surface area (Å²) in [6, 6.07) is 6.54. The largest absolute Gasteiger partial charge is 0.373 e. The van der Waals surface area contributed by atoms with Crippen LogP contribution in [0.15, 0.2) is 18.2 Å². The van der Waals surface area contributed by atoms with Gasteiger partial charge in [-0.25, -0.2) is 0 Å². The molecule has 0 saturated heterocycles. The van der Waals surface area contributed by atoms with Crippen LogP contribution in [0.3, 0.4) is 0 Å². The number of aryl methyl sites for hydroxylation is 2. The highest BCUT2D eigenvalue weighted by Crippen LogP contribution is 2.39. The molecule has 2 atom stereocenters. The molecular weight excluding hydrogens is 246 g/mol. The van der Waals surface area contributed by atoms with Crippen molar-refractivity contribution < 1.29 is 4.79 Å². The lowest BCUT2D eigenvalue weighted by Crippen LogP contribution is -2.40. The molecule has 2 nitrogen and oxygen atoms in total. The molecule has 2 unspecified atom stereocenters. The molecule has 0 aliphatic heterocycles. The Kier molecular flexibility index (Phi) is 4.52. The highest BCUT2D eigenvalue weighted by molar-refractivity contribution is 5.63. The predicted molar refractivity (Wildman–Crippen MR) is 85.3 cm³/mol. The minimum absolute atomic E-state index is 0.149. The Morgan fingerprint density at radius 2 is 2.15 bits per heavy atom. The van der Waals surface area contributed by atoms with Crippen molar-refractivity contribution in [2.24, 2.45) is 11.3 Å². The summed E-state index contributed by atoms with van der Waals surface area (Å²) in [7, 11) is 2.11. The summed E-state index contributed by atoms with van der Waals surface area (Å²) in [6.45, 7) is 7.38. The van der Waals surface area contributed by atoms with Crippen molar-refractivity contribution in [1.82, 2.24) is 0 Å². The molecule has 1 saturated carbocycles. The zero-order chi connectivity index (χ0) is 14.8. The maximum absolute atomic E-state index is 11.7. The van der Waals surface area contributed by atoms with Crippen molar-refractivity contribution in [3.05, 3.63) is 29.3 Å². The SMILES string of the molecule is Cc1ccc(N(C)CC2(C=O)CCCC(C)C2)c(C)c1. The van der Waals surface area contributed by atoms with Crippen LogP contribution in [-0.2, 0) is 4.79 Å². The lowest BCUT2D eigenvalue weighted by molar-refractivity contribution is -0.118. The molecule has 110 valence electrons. The maximum Gasteiger partial charge on any atom is 0.127 e. The van der Waals surface area contributed by atoms with E-state index in [4.69, 9.17) is 0 Å². The summed E-state index contributed by atoms with van der Waals surface area (Å²) < 4.78 is 0. The second kappa shape index (κ2) is 5.99. The highest BCUT2D eigenvalue weighted by Gasteiger charge is 2.36. The van der Waals surface area contributed by atoms with Crippen molar-refractivity contribution in [3.63, 3.8) is 0 Å². The van der Waals surface area contributed by atoms with Gasteiger partial charge in [0.2, 0.25) is 0 Å². The van der Waals surface area contributed by atoms with Gasteiger partial charge in [-0.05, 0) is 44.2 Å². The Morgan fingerprint density at radius 3 is 2.75 bits per heavy atom. The molecule has 1 aliphatic carbocycles. The average Bonchev–Trinajstić information content (AvgIpc) is 2.38. The van der Waals surface area contributed by atoms with Gasteiger partial charge >= 0.3 is 0 Å². The van der Waals surface area contributed by atoms with Crippen molar-refractivity contribution in [2.75, 3.05) is 18.5 Å². The third-order valence-corrected chi connectivity index (χ3v) is 4.69. The van der Waals surface area contributed by atoms with Gasteiger partial charge in [0.05, 0.1) is 0 Å². The van der Waals surface area contributed by atoms with Crippen LogP contribution in [0.4, 0.5) is 5.69 Å². The Labute approximate surface area is 123 Å². The van der Waals surface area contributed by atoms with E-state index in [2.05, 4.69) is 50.9 Å². The van der Waals surface area contributed by atoms with Gasteiger partial charge in [-0.3, -0.25) is 0 Å². The molecule has 0 amide bonds. The van der Waals surface area contributed by atoms with Crippen molar-refractivity contribution in [2.45, 2.75) is 46.5 Å². The topological polar surface area (TPSA) is 20.3 Å². The second-order valence-electron chi connectivity index (χ2n) is 6.83. The number of aldehydes is 1. The monoisotopic (exact) mass is 273 g/mol. The molecule has 2 heteroatoms. The van der Waals surface area contributed by atoms with Crippen molar-refractivity contribution >= 4 is 12.0 Å². The van der Waals surface area contributed by atoms with Crippen LogP contribution < -0.4 is 4.90 Å². The molecule has 20 heavy (non-hydrogen) atoms. The van der Waals surface area contributed by atoms with Crippen LogP contribution in [0.2, 0.25) is 0 Å². The standard InChI is InChI=1S/C18H27NO/c1-14-7-8-17(16(3)10-14)19(4)12-18(13-20)9-5-6-15(2)11-18/h7-8,10,13,15H,5-6,9,11-12H2,1-4H3. The van der Waals surface area contributed by atoms with Gasteiger partial charge in [0, 0.05) is 24.7 Å². The van der Waals surface area contributed by atoms with Crippen LogP contribution in [0.1, 0.15) is 43.7 Å². The highest BCUT2D eigenvalue weighted by atomic mass is 16.1. The van der Waals surface area contributed by atoms with E-state index in [-0.39, 0.29) is 5.41 Å². The molecule has 0 spiro atoms. The number of anilines is 1. The van der Waals surface area contributed by atoms with Crippen LogP contribution in [0, 0.1) is 25.2 Å². The van der Waals surface area contributed by atoms with Crippen molar-refractivity contribution in [1.29, 1.82) is 0 Å². The van der Waals surface area contributed by atoms with E-state index in [0.717, 1.165) is 19.4 Å². The summed E-state index contributed by atoms with van der Waals surface area (Å²) in [5.41, 5.74) is 3.67. The van der Waals surface area contributed by atoms with E-state index < -0.39 is 0 Å². The first-order chi connectivity index (χ1) is 9.46. The first-order valence-electron chi connectivity index (χ1n) is 7.70. The lowest BCUT2D eigenvalue weighted by atomic mass is 9.70. The summed E-state index contributed by atoms with van der Waals surface area (Å²) in [5.74, 6) is 0.668. The number of nitrogens with zero attached hydrogens (tertiary/aromatic N) is 1. The Balaban J connectivity index is 2.16. The summed E-state index contributed by atoms with van der Waals surface area (Å²) in [5, 5.41) is 0. The minimum atomic E-state index is -0.149. The summed E-state index contributed by atoms with van der Waals surface area (Å²) >= 11 is 0. The van der Waals surface area contributed by atoms with Gasteiger partial charge in [0.15, 0.2) is 0 Å². The summed E-state index contributed by atoms with van der Waals surface area (Å²) in [4.78, 5) is 14.0. The average molecular weight is 273 g/mol. The number of hydrogen-bond donors (Lipinski definition) is 0. The third-order valence-electron chi connectivity index (χ3n) is 4.69. The van der Waals surface area contributed by atoms with Crippen LogP contribution in [0.25, 0.3) is 0 Å². The molecule has 1 aromatic carbocycles. The zero-order valence-electron chi connectivity index (χ0n) is 13.3. The first-order valence-corrected chi connectivity index (χ1v) is 7.70. The smallest absolute Gasteiger partial charge is 0.127 e. The number of rotatable bonds is 4. The van der Waals surface area contributed by atoms with E-state index in [9.17, 15) is 4.79 Å². The fourth-order valence-electron chi connectivity index (χ4n) is 3.78.